The summed E-state index contributed by atoms with van der Waals surface area (Å²) in [7, 11) is 2.24. The van der Waals surface area contributed by atoms with Crippen LogP contribution in [0.2, 0.25) is 0 Å². The number of rotatable bonds is 2. The van der Waals surface area contributed by atoms with Gasteiger partial charge in [-0.2, -0.15) is 11.8 Å². The smallest absolute Gasteiger partial charge is 0.0344 e. The summed E-state index contributed by atoms with van der Waals surface area (Å²) in [6, 6.07) is 0. The summed E-state index contributed by atoms with van der Waals surface area (Å²) in [5.74, 6) is 1.25. The van der Waals surface area contributed by atoms with Gasteiger partial charge in [-0.15, -0.1) is 0 Å². The third-order valence-electron chi connectivity index (χ3n) is 5.03. The molecule has 4 heteroatoms. The monoisotopic (exact) mass is 285 g/mol. The number of nitrogens with zero attached hydrogens (tertiary/aromatic N) is 2. The second-order valence-electron chi connectivity index (χ2n) is 6.93. The van der Waals surface area contributed by atoms with Crippen LogP contribution in [-0.2, 0) is 0 Å². The molecular weight excluding hydrogens is 254 g/mol. The van der Waals surface area contributed by atoms with Crippen LogP contribution in [0.15, 0.2) is 0 Å². The molecule has 2 saturated heterocycles. The predicted octanol–water partition coefficient (Wildman–Crippen LogP) is 2.02. The van der Waals surface area contributed by atoms with Gasteiger partial charge in [-0.05, 0) is 45.8 Å². The molecule has 2 fully saturated rings. The van der Waals surface area contributed by atoms with Crippen molar-refractivity contribution in [3.63, 3.8) is 0 Å². The van der Waals surface area contributed by atoms with Crippen LogP contribution in [0.5, 0.6) is 0 Å². The van der Waals surface area contributed by atoms with Gasteiger partial charge in [0.25, 0.3) is 0 Å². The van der Waals surface area contributed by atoms with Crippen LogP contribution in [0.3, 0.4) is 0 Å². The Hall–Kier alpha value is 0.230. The Morgan fingerprint density at radius 3 is 2.58 bits per heavy atom. The Bertz CT molecular complexity index is 295. The molecule has 1 unspecified atom stereocenters. The van der Waals surface area contributed by atoms with Crippen LogP contribution in [0.1, 0.15) is 39.5 Å². The zero-order valence-electron chi connectivity index (χ0n) is 13.0. The average Bonchev–Trinajstić information content (AvgIpc) is 2.66. The SMILES string of the molecule is CN1CCCC(CN)(N2CCSC(C)(C)CC2)CC1. The second-order valence-corrected chi connectivity index (χ2v) is 8.73. The first-order valence-electron chi connectivity index (χ1n) is 7.75. The highest BCUT2D eigenvalue weighted by molar-refractivity contribution is 8.00. The standard InChI is InChI=1S/C15H31N3S/c1-14(2)6-10-18(11-12-19-14)15(13-16)5-4-8-17(3)9-7-15/h4-13,16H2,1-3H3. The van der Waals surface area contributed by atoms with Crippen LogP contribution in [0.4, 0.5) is 0 Å². The Morgan fingerprint density at radius 2 is 1.84 bits per heavy atom. The molecule has 1 atom stereocenters. The van der Waals surface area contributed by atoms with Crippen LogP contribution in [-0.4, -0.2) is 65.6 Å². The lowest BCUT2D eigenvalue weighted by molar-refractivity contribution is 0.0841. The van der Waals surface area contributed by atoms with Gasteiger partial charge in [-0.25, -0.2) is 0 Å². The van der Waals surface area contributed by atoms with Crippen molar-refractivity contribution in [3.8, 4) is 0 Å². The van der Waals surface area contributed by atoms with Gasteiger partial charge in [-0.1, -0.05) is 13.8 Å². The van der Waals surface area contributed by atoms with E-state index in [9.17, 15) is 0 Å². The van der Waals surface area contributed by atoms with Gasteiger partial charge in [-0.3, -0.25) is 4.90 Å². The molecule has 0 aliphatic carbocycles. The summed E-state index contributed by atoms with van der Waals surface area (Å²) >= 11 is 2.13. The lowest BCUT2D eigenvalue weighted by atomic mass is 9.87. The van der Waals surface area contributed by atoms with E-state index in [4.69, 9.17) is 5.73 Å². The topological polar surface area (TPSA) is 32.5 Å². The molecule has 0 aromatic rings. The number of likely N-dealkylation sites (tertiary alicyclic amines) is 1. The van der Waals surface area contributed by atoms with Gasteiger partial charge in [0.1, 0.15) is 0 Å². The predicted molar refractivity (Wildman–Crippen MR) is 85.9 cm³/mol. The molecule has 2 heterocycles. The maximum absolute atomic E-state index is 6.24. The molecule has 2 aliphatic heterocycles. The normalized spacial score (nSPS) is 34.7. The molecule has 0 bridgehead atoms. The first-order valence-corrected chi connectivity index (χ1v) is 8.74. The van der Waals surface area contributed by atoms with E-state index in [1.54, 1.807) is 0 Å². The molecule has 0 spiro atoms. The third-order valence-corrected chi connectivity index (χ3v) is 6.40. The van der Waals surface area contributed by atoms with Crippen LogP contribution in [0, 0.1) is 0 Å². The van der Waals surface area contributed by atoms with E-state index in [-0.39, 0.29) is 5.54 Å². The van der Waals surface area contributed by atoms with Crippen molar-refractivity contribution in [1.82, 2.24) is 9.80 Å². The van der Waals surface area contributed by atoms with Crippen molar-refractivity contribution in [1.29, 1.82) is 0 Å². The van der Waals surface area contributed by atoms with Crippen molar-refractivity contribution in [2.75, 3.05) is 45.5 Å². The van der Waals surface area contributed by atoms with E-state index in [1.165, 1.54) is 57.6 Å². The van der Waals surface area contributed by atoms with Crippen LogP contribution < -0.4 is 5.73 Å². The van der Waals surface area contributed by atoms with Crippen molar-refractivity contribution in [3.05, 3.63) is 0 Å². The summed E-state index contributed by atoms with van der Waals surface area (Å²) in [5, 5.41) is 0. The first-order chi connectivity index (χ1) is 8.97. The van der Waals surface area contributed by atoms with E-state index in [1.807, 2.05) is 0 Å². The fourth-order valence-electron chi connectivity index (χ4n) is 3.46. The minimum absolute atomic E-state index is 0.270. The number of thioether (sulfide) groups is 1. The summed E-state index contributed by atoms with van der Waals surface area (Å²) in [4.78, 5) is 5.20. The lowest BCUT2D eigenvalue weighted by Crippen LogP contribution is -2.55. The van der Waals surface area contributed by atoms with E-state index in [0.29, 0.717) is 4.75 Å². The Labute approximate surface area is 123 Å². The molecule has 2 rings (SSSR count). The maximum Gasteiger partial charge on any atom is 0.0344 e. The molecule has 0 saturated carbocycles. The Balaban J connectivity index is 2.07. The van der Waals surface area contributed by atoms with Gasteiger partial charge < -0.3 is 10.6 Å². The summed E-state index contributed by atoms with van der Waals surface area (Å²) in [5.41, 5.74) is 6.51. The molecular formula is C15H31N3S. The summed E-state index contributed by atoms with van der Waals surface area (Å²) in [6.45, 7) is 10.5. The molecule has 0 aromatic heterocycles. The zero-order valence-corrected chi connectivity index (χ0v) is 13.8. The van der Waals surface area contributed by atoms with Crippen molar-refractivity contribution < 1.29 is 0 Å². The van der Waals surface area contributed by atoms with Gasteiger partial charge in [0.2, 0.25) is 0 Å². The summed E-state index contributed by atoms with van der Waals surface area (Å²) in [6.07, 6.45) is 5.10. The van der Waals surface area contributed by atoms with Crippen LogP contribution in [0.25, 0.3) is 0 Å². The van der Waals surface area contributed by atoms with Crippen molar-refractivity contribution >= 4 is 11.8 Å². The highest BCUT2D eigenvalue weighted by Crippen LogP contribution is 2.35. The molecule has 0 aromatic carbocycles. The minimum atomic E-state index is 0.270. The minimum Gasteiger partial charge on any atom is -0.329 e. The first kappa shape index (κ1) is 15.6. The second kappa shape index (κ2) is 6.33. The van der Waals surface area contributed by atoms with Gasteiger partial charge in [0.15, 0.2) is 0 Å². The van der Waals surface area contributed by atoms with Gasteiger partial charge in [0.05, 0.1) is 0 Å². The largest absolute Gasteiger partial charge is 0.329 e. The molecule has 2 aliphatic rings. The average molecular weight is 286 g/mol. The van der Waals surface area contributed by atoms with Crippen molar-refractivity contribution in [2.24, 2.45) is 5.73 Å². The Morgan fingerprint density at radius 1 is 1.05 bits per heavy atom. The van der Waals surface area contributed by atoms with Gasteiger partial charge in [0, 0.05) is 35.7 Å². The molecule has 112 valence electrons. The van der Waals surface area contributed by atoms with E-state index in [2.05, 4.69) is 42.5 Å². The lowest BCUT2D eigenvalue weighted by Gasteiger charge is -2.43. The number of hydrogen-bond donors (Lipinski definition) is 1. The number of hydrogen-bond acceptors (Lipinski definition) is 4. The fourth-order valence-corrected chi connectivity index (χ4v) is 4.56. The highest BCUT2D eigenvalue weighted by Gasteiger charge is 2.38. The fraction of sp³-hybridized carbons (Fsp3) is 1.00. The number of nitrogens with two attached hydrogens (primary N) is 1. The van der Waals surface area contributed by atoms with Gasteiger partial charge >= 0.3 is 0 Å². The third kappa shape index (κ3) is 3.87. The zero-order chi connectivity index (χ0) is 13.9. The maximum atomic E-state index is 6.24. The Kier molecular flexibility index (Phi) is 5.21. The molecule has 19 heavy (non-hydrogen) atoms. The van der Waals surface area contributed by atoms with Crippen LogP contribution >= 0.6 is 11.8 Å². The molecule has 3 nitrogen and oxygen atoms in total. The summed E-state index contributed by atoms with van der Waals surface area (Å²) < 4.78 is 0.437. The quantitative estimate of drug-likeness (QED) is 0.841. The van der Waals surface area contributed by atoms with E-state index >= 15 is 0 Å². The molecule has 0 radical (unpaired) electrons. The van der Waals surface area contributed by atoms with E-state index < -0.39 is 0 Å². The van der Waals surface area contributed by atoms with Crippen molar-refractivity contribution in [2.45, 2.75) is 49.8 Å². The van der Waals surface area contributed by atoms with E-state index in [0.717, 1.165) is 6.54 Å². The highest BCUT2D eigenvalue weighted by atomic mass is 32.2. The molecule has 2 N–H and O–H groups in total. The molecule has 0 amide bonds.